The molecule has 3 rings (SSSR count). The smallest absolute Gasteiger partial charge is 0.0916 e. The number of hydrogen-bond acceptors (Lipinski definition) is 3. The van der Waals surface area contributed by atoms with Gasteiger partial charge in [-0.2, -0.15) is 0 Å². The molecule has 3 nitrogen and oxygen atoms in total. The molecule has 0 bridgehead atoms. The molecule has 0 aliphatic carbocycles. The summed E-state index contributed by atoms with van der Waals surface area (Å²) in [4.78, 5) is 6.84. The van der Waals surface area contributed by atoms with Gasteiger partial charge in [0, 0.05) is 19.1 Å². The Hall–Kier alpha value is -1.35. The highest BCUT2D eigenvalue weighted by molar-refractivity contribution is 5.66. The summed E-state index contributed by atoms with van der Waals surface area (Å²) in [5.41, 5.74) is 2.46. The third kappa shape index (κ3) is 2.50. The maximum atomic E-state index is 4.51. The zero-order chi connectivity index (χ0) is 11.5. The molecule has 0 amide bonds. The lowest BCUT2D eigenvalue weighted by molar-refractivity contribution is 0.307. The summed E-state index contributed by atoms with van der Waals surface area (Å²) in [6, 6.07) is 9.04. The normalized spacial score (nSPS) is 23.5. The van der Waals surface area contributed by atoms with Crippen LogP contribution in [0, 0.1) is 0 Å². The first-order chi connectivity index (χ1) is 8.42. The van der Waals surface area contributed by atoms with Crippen molar-refractivity contribution in [2.24, 2.45) is 4.99 Å². The molecule has 3 heteroatoms. The van der Waals surface area contributed by atoms with Gasteiger partial charge in [-0.05, 0) is 31.0 Å². The van der Waals surface area contributed by atoms with Crippen LogP contribution in [0.4, 0.5) is 5.69 Å². The van der Waals surface area contributed by atoms with Crippen LogP contribution >= 0.6 is 0 Å². The summed E-state index contributed by atoms with van der Waals surface area (Å²) in [6.07, 6.45) is 5.98. The number of benzene rings is 1. The summed E-state index contributed by atoms with van der Waals surface area (Å²) < 4.78 is 0. The fraction of sp³-hybridized carbons (Fsp3) is 0.500. The fourth-order valence-corrected chi connectivity index (χ4v) is 2.65. The predicted octanol–water partition coefficient (Wildman–Crippen LogP) is 2.30. The Morgan fingerprint density at radius 3 is 3.12 bits per heavy atom. The molecule has 2 aliphatic rings. The number of rotatable bonds is 2. The molecular formula is C14H19N3. The van der Waals surface area contributed by atoms with Crippen molar-refractivity contribution in [2.45, 2.75) is 31.8 Å². The third-order valence-electron chi connectivity index (χ3n) is 3.59. The molecule has 1 fully saturated rings. The zero-order valence-electron chi connectivity index (χ0n) is 10.1. The van der Waals surface area contributed by atoms with Crippen molar-refractivity contribution in [3.63, 3.8) is 0 Å². The number of hydrogen-bond donors (Lipinski definition) is 1. The van der Waals surface area contributed by atoms with E-state index in [-0.39, 0.29) is 0 Å². The van der Waals surface area contributed by atoms with Gasteiger partial charge in [0.15, 0.2) is 0 Å². The van der Waals surface area contributed by atoms with Gasteiger partial charge in [0.05, 0.1) is 12.0 Å². The summed E-state index contributed by atoms with van der Waals surface area (Å²) >= 11 is 0. The average molecular weight is 229 g/mol. The molecule has 2 aliphatic heterocycles. The highest BCUT2D eigenvalue weighted by Gasteiger charge is 2.17. The van der Waals surface area contributed by atoms with Crippen LogP contribution < -0.4 is 5.32 Å². The first-order valence-corrected chi connectivity index (χ1v) is 6.51. The lowest BCUT2D eigenvalue weighted by Gasteiger charge is -2.31. The Morgan fingerprint density at radius 1 is 1.29 bits per heavy atom. The third-order valence-corrected chi connectivity index (χ3v) is 3.59. The minimum atomic E-state index is 0.639. The molecule has 0 unspecified atom stereocenters. The molecule has 0 saturated carbocycles. The quantitative estimate of drug-likeness (QED) is 0.842. The summed E-state index contributed by atoms with van der Waals surface area (Å²) in [6.45, 7) is 3.25. The summed E-state index contributed by atoms with van der Waals surface area (Å²) in [5, 5.41) is 3.59. The number of fused-ring (bicyclic) bond motifs is 1. The van der Waals surface area contributed by atoms with E-state index in [4.69, 9.17) is 0 Å². The molecule has 0 radical (unpaired) electrons. The largest absolute Gasteiger partial charge is 0.357 e. The van der Waals surface area contributed by atoms with Crippen LogP contribution in [0.1, 0.15) is 24.8 Å². The molecular weight excluding hydrogens is 210 g/mol. The maximum Gasteiger partial charge on any atom is 0.0916 e. The minimum Gasteiger partial charge on any atom is -0.357 e. The molecule has 0 spiro atoms. The van der Waals surface area contributed by atoms with Crippen LogP contribution in [0.5, 0.6) is 0 Å². The second kappa shape index (κ2) is 4.88. The van der Waals surface area contributed by atoms with E-state index >= 15 is 0 Å². The van der Waals surface area contributed by atoms with Crippen molar-refractivity contribution in [3.8, 4) is 0 Å². The molecule has 1 atom stereocenters. The van der Waals surface area contributed by atoms with Gasteiger partial charge in [-0.3, -0.25) is 0 Å². The Bertz CT molecular complexity index is 408. The van der Waals surface area contributed by atoms with Crippen molar-refractivity contribution in [3.05, 3.63) is 29.8 Å². The fourth-order valence-electron chi connectivity index (χ4n) is 2.65. The van der Waals surface area contributed by atoms with Crippen molar-refractivity contribution in [1.29, 1.82) is 0 Å². The summed E-state index contributed by atoms with van der Waals surface area (Å²) in [5.74, 6) is 0. The first kappa shape index (κ1) is 10.8. The van der Waals surface area contributed by atoms with Gasteiger partial charge in [-0.25, -0.2) is 4.99 Å². The molecule has 17 heavy (non-hydrogen) atoms. The van der Waals surface area contributed by atoms with Gasteiger partial charge in [0.2, 0.25) is 0 Å². The van der Waals surface area contributed by atoms with E-state index in [9.17, 15) is 0 Å². The van der Waals surface area contributed by atoms with E-state index in [1.165, 1.54) is 31.4 Å². The highest BCUT2D eigenvalue weighted by Crippen LogP contribution is 2.23. The van der Waals surface area contributed by atoms with Gasteiger partial charge in [0.25, 0.3) is 0 Å². The van der Waals surface area contributed by atoms with Crippen LogP contribution in [0.3, 0.4) is 0 Å². The maximum absolute atomic E-state index is 4.51. The lowest BCUT2D eigenvalue weighted by Crippen LogP contribution is -2.43. The molecule has 1 aromatic rings. The van der Waals surface area contributed by atoms with Crippen molar-refractivity contribution >= 4 is 12.0 Å². The van der Waals surface area contributed by atoms with Gasteiger partial charge >= 0.3 is 0 Å². The van der Waals surface area contributed by atoms with E-state index < -0.39 is 0 Å². The zero-order valence-corrected chi connectivity index (χ0v) is 10.1. The Morgan fingerprint density at radius 2 is 2.24 bits per heavy atom. The Balaban J connectivity index is 1.64. The number of piperidine rings is 1. The summed E-state index contributed by atoms with van der Waals surface area (Å²) in [7, 11) is 0. The standard InChI is InChI=1S/C14H19N3/c1-2-7-14-12(5-1)9-17(11-16-14)10-13-6-3-4-8-15-13/h1-2,5,7,11,13,15H,3-4,6,8-10H2/t13-/m0/s1. The van der Waals surface area contributed by atoms with Crippen LogP contribution in [-0.2, 0) is 6.54 Å². The number of para-hydroxylation sites is 1. The second-order valence-corrected chi connectivity index (χ2v) is 4.95. The number of nitrogens with one attached hydrogen (secondary N) is 1. The van der Waals surface area contributed by atoms with Crippen LogP contribution in [0.2, 0.25) is 0 Å². The topological polar surface area (TPSA) is 27.6 Å². The first-order valence-electron chi connectivity index (χ1n) is 6.51. The lowest BCUT2D eigenvalue weighted by atomic mass is 10.0. The van der Waals surface area contributed by atoms with E-state index in [1.54, 1.807) is 0 Å². The number of aliphatic imine (C=N–C) groups is 1. The van der Waals surface area contributed by atoms with Crippen LogP contribution in [0.25, 0.3) is 0 Å². The number of nitrogens with zero attached hydrogens (tertiary/aromatic N) is 2. The monoisotopic (exact) mass is 229 g/mol. The van der Waals surface area contributed by atoms with E-state index in [0.717, 1.165) is 18.8 Å². The molecule has 2 heterocycles. The van der Waals surface area contributed by atoms with Gasteiger partial charge in [0.1, 0.15) is 0 Å². The Kier molecular flexibility index (Phi) is 3.10. The van der Waals surface area contributed by atoms with Crippen LogP contribution in [-0.4, -0.2) is 30.4 Å². The van der Waals surface area contributed by atoms with E-state index in [1.807, 2.05) is 6.34 Å². The van der Waals surface area contributed by atoms with Crippen molar-refractivity contribution in [1.82, 2.24) is 10.2 Å². The van der Waals surface area contributed by atoms with E-state index in [0.29, 0.717) is 6.04 Å². The van der Waals surface area contributed by atoms with E-state index in [2.05, 4.69) is 39.5 Å². The van der Waals surface area contributed by atoms with Crippen LogP contribution in [0.15, 0.2) is 29.3 Å². The molecule has 90 valence electrons. The Labute approximate surface area is 103 Å². The average Bonchev–Trinajstić information content (AvgIpc) is 2.40. The van der Waals surface area contributed by atoms with Gasteiger partial charge in [-0.1, -0.05) is 24.6 Å². The molecule has 1 saturated heterocycles. The van der Waals surface area contributed by atoms with Crippen molar-refractivity contribution in [2.75, 3.05) is 13.1 Å². The predicted molar refractivity (Wildman–Crippen MR) is 70.6 cm³/mol. The SMILES string of the molecule is C1=Nc2ccccc2CN1C[C@@H]1CCCCN1. The molecule has 0 aromatic heterocycles. The van der Waals surface area contributed by atoms with Crippen molar-refractivity contribution < 1.29 is 0 Å². The highest BCUT2D eigenvalue weighted by atomic mass is 15.2. The van der Waals surface area contributed by atoms with Gasteiger partial charge in [-0.15, -0.1) is 0 Å². The molecule has 1 N–H and O–H groups in total. The molecule has 1 aromatic carbocycles. The van der Waals surface area contributed by atoms with Gasteiger partial charge < -0.3 is 10.2 Å². The minimum absolute atomic E-state index is 0.639. The second-order valence-electron chi connectivity index (χ2n) is 4.95.